The van der Waals surface area contributed by atoms with E-state index in [0.29, 0.717) is 42.1 Å². The lowest BCUT2D eigenvalue weighted by Crippen LogP contribution is -2.30. The third-order valence-electron chi connectivity index (χ3n) is 6.16. The first-order valence-corrected chi connectivity index (χ1v) is 11.9. The van der Waals surface area contributed by atoms with Gasteiger partial charge in [-0.2, -0.15) is 0 Å². The summed E-state index contributed by atoms with van der Waals surface area (Å²) in [4.78, 5) is 41.5. The average molecular weight is 471 g/mol. The molecule has 3 aromatic rings. The van der Waals surface area contributed by atoms with E-state index in [9.17, 15) is 14.4 Å². The Morgan fingerprint density at radius 2 is 1.60 bits per heavy atom. The van der Waals surface area contributed by atoms with Crippen LogP contribution in [0.1, 0.15) is 40.1 Å². The van der Waals surface area contributed by atoms with Crippen LogP contribution in [0.4, 0.5) is 17.1 Å². The quantitative estimate of drug-likeness (QED) is 0.511. The second kappa shape index (κ2) is 10.9. The first kappa shape index (κ1) is 24.0. The second-order valence-corrected chi connectivity index (χ2v) is 8.37. The predicted molar refractivity (Wildman–Crippen MR) is 139 cm³/mol. The van der Waals surface area contributed by atoms with Gasteiger partial charge in [0.15, 0.2) is 0 Å². The molecule has 7 nitrogen and oxygen atoms in total. The minimum absolute atomic E-state index is 0.0265. The molecule has 0 radical (unpaired) electrons. The van der Waals surface area contributed by atoms with E-state index >= 15 is 0 Å². The van der Waals surface area contributed by atoms with Crippen molar-refractivity contribution in [3.05, 3.63) is 89.5 Å². The molecule has 3 aromatic carbocycles. The third kappa shape index (κ3) is 5.51. The van der Waals surface area contributed by atoms with Crippen LogP contribution < -0.4 is 15.5 Å². The maximum Gasteiger partial charge on any atom is 0.258 e. The van der Waals surface area contributed by atoms with Crippen LogP contribution in [0, 0.1) is 0 Å². The molecule has 7 heteroatoms. The number of hydrogen-bond acceptors (Lipinski definition) is 4. The van der Waals surface area contributed by atoms with Crippen LogP contribution in [-0.4, -0.2) is 48.8 Å². The number of carbonyl (C=O) groups is 3. The van der Waals surface area contributed by atoms with Gasteiger partial charge in [-0.05, 0) is 74.4 Å². The molecule has 1 aliphatic rings. The maximum absolute atomic E-state index is 13.1. The molecule has 1 aliphatic heterocycles. The fourth-order valence-corrected chi connectivity index (χ4v) is 4.24. The lowest BCUT2D eigenvalue weighted by molar-refractivity contribution is -0.114. The van der Waals surface area contributed by atoms with Crippen LogP contribution in [0.15, 0.2) is 72.8 Å². The molecule has 0 fully saturated rings. The Kier molecular flexibility index (Phi) is 7.45. The molecule has 0 bridgehead atoms. The number of carbonyl (C=O) groups excluding carboxylic acids is 3. The molecule has 0 atom stereocenters. The summed E-state index contributed by atoms with van der Waals surface area (Å²) in [7, 11) is 0. The number of rotatable bonds is 8. The van der Waals surface area contributed by atoms with Gasteiger partial charge < -0.3 is 20.4 Å². The summed E-state index contributed by atoms with van der Waals surface area (Å²) in [6.45, 7) is 5.90. The van der Waals surface area contributed by atoms with E-state index in [0.717, 1.165) is 12.1 Å². The van der Waals surface area contributed by atoms with Crippen LogP contribution in [0.3, 0.4) is 0 Å². The van der Waals surface area contributed by atoms with Gasteiger partial charge in [-0.1, -0.05) is 24.3 Å². The van der Waals surface area contributed by atoms with Crippen molar-refractivity contribution in [3.63, 3.8) is 0 Å². The largest absolute Gasteiger partial charge is 0.376 e. The smallest absolute Gasteiger partial charge is 0.258 e. The molecular formula is C28H30N4O3. The van der Waals surface area contributed by atoms with E-state index in [4.69, 9.17) is 0 Å². The number of anilines is 3. The molecule has 0 saturated heterocycles. The Labute approximate surface area is 205 Å². The van der Waals surface area contributed by atoms with E-state index < -0.39 is 0 Å². The minimum Gasteiger partial charge on any atom is -0.376 e. The maximum atomic E-state index is 13.1. The van der Waals surface area contributed by atoms with Crippen molar-refractivity contribution in [2.75, 3.05) is 41.7 Å². The Morgan fingerprint density at radius 1 is 0.857 bits per heavy atom. The van der Waals surface area contributed by atoms with Crippen molar-refractivity contribution >= 4 is 34.8 Å². The topological polar surface area (TPSA) is 81.8 Å². The molecule has 0 unspecified atom stereocenters. The van der Waals surface area contributed by atoms with E-state index in [-0.39, 0.29) is 24.3 Å². The monoisotopic (exact) mass is 470 g/mol. The zero-order valence-corrected chi connectivity index (χ0v) is 20.1. The summed E-state index contributed by atoms with van der Waals surface area (Å²) in [6, 6.07) is 22.0. The van der Waals surface area contributed by atoms with Crippen LogP contribution in [0.2, 0.25) is 0 Å². The molecule has 0 aliphatic carbocycles. The molecular weight excluding hydrogens is 440 g/mol. The van der Waals surface area contributed by atoms with Gasteiger partial charge in [-0.3, -0.25) is 14.4 Å². The fourth-order valence-electron chi connectivity index (χ4n) is 4.24. The van der Waals surface area contributed by atoms with Crippen molar-refractivity contribution < 1.29 is 14.4 Å². The average Bonchev–Trinajstić information content (AvgIpc) is 3.32. The van der Waals surface area contributed by atoms with Crippen LogP contribution in [0.5, 0.6) is 0 Å². The van der Waals surface area contributed by atoms with Gasteiger partial charge in [0.25, 0.3) is 11.8 Å². The Morgan fingerprint density at radius 3 is 2.34 bits per heavy atom. The number of nitrogens with zero attached hydrogens (tertiary/aromatic N) is 2. The molecule has 35 heavy (non-hydrogen) atoms. The highest BCUT2D eigenvalue weighted by Gasteiger charge is 2.25. The van der Waals surface area contributed by atoms with E-state index in [1.807, 2.05) is 38.1 Å². The van der Waals surface area contributed by atoms with Gasteiger partial charge >= 0.3 is 0 Å². The predicted octanol–water partition coefficient (Wildman–Crippen LogP) is 4.42. The van der Waals surface area contributed by atoms with Gasteiger partial charge in [0, 0.05) is 47.8 Å². The normalized spacial score (nSPS) is 12.1. The molecule has 2 N–H and O–H groups in total. The fraction of sp³-hybridized carbons (Fsp3) is 0.250. The molecule has 1 heterocycles. The molecule has 180 valence electrons. The highest BCUT2D eigenvalue weighted by molar-refractivity contribution is 6.07. The number of fused-ring (bicyclic) bond motifs is 1. The summed E-state index contributed by atoms with van der Waals surface area (Å²) >= 11 is 0. The molecule has 0 saturated carbocycles. The van der Waals surface area contributed by atoms with Crippen molar-refractivity contribution in [3.8, 4) is 0 Å². The summed E-state index contributed by atoms with van der Waals surface area (Å²) in [6.07, 6.45) is 0.852. The molecule has 0 aromatic heterocycles. The van der Waals surface area contributed by atoms with Crippen molar-refractivity contribution in [1.29, 1.82) is 0 Å². The van der Waals surface area contributed by atoms with Crippen LogP contribution >= 0.6 is 0 Å². The number of para-hydroxylation sites is 1. The first-order valence-electron chi connectivity index (χ1n) is 11.9. The number of amides is 3. The summed E-state index contributed by atoms with van der Waals surface area (Å²) in [5.74, 6) is -0.304. The number of nitrogens with one attached hydrogen (secondary N) is 2. The summed E-state index contributed by atoms with van der Waals surface area (Å²) < 4.78 is 0. The standard InChI is InChI=1S/C28H30N4O3/c1-3-31(4-2)27(34)21-12-14-23(15-13-21)30-26(33)19-29-24-10-7-9-22(18-24)28(35)32-17-16-20-8-5-6-11-25(20)32/h5-15,18,29H,3-4,16-17,19H2,1-2H3,(H,30,33). The third-order valence-corrected chi connectivity index (χ3v) is 6.16. The Balaban J connectivity index is 1.33. The zero-order chi connectivity index (χ0) is 24.8. The molecule has 3 amide bonds. The van der Waals surface area contributed by atoms with Crippen molar-refractivity contribution in [2.24, 2.45) is 0 Å². The lowest BCUT2D eigenvalue weighted by Gasteiger charge is -2.18. The van der Waals surface area contributed by atoms with Gasteiger partial charge in [0.05, 0.1) is 6.54 Å². The van der Waals surface area contributed by atoms with E-state index in [1.54, 1.807) is 52.3 Å². The van der Waals surface area contributed by atoms with Gasteiger partial charge in [0.1, 0.15) is 0 Å². The highest BCUT2D eigenvalue weighted by Crippen LogP contribution is 2.29. The SMILES string of the molecule is CCN(CC)C(=O)c1ccc(NC(=O)CNc2cccc(C(=O)N3CCc4ccccc43)c2)cc1. The molecule has 4 rings (SSSR count). The second-order valence-electron chi connectivity index (χ2n) is 8.37. The first-order chi connectivity index (χ1) is 17.0. The Bertz CT molecular complexity index is 1220. The minimum atomic E-state index is -0.224. The summed E-state index contributed by atoms with van der Waals surface area (Å²) in [5.41, 5.74) is 4.60. The van der Waals surface area contributed by atoms with Gasteiger partial charge in [-0.15, -0.1) is 0 Å². The molecule has 0 spiro atoms. The van der Waals surface area contributed by atoms with Crippen LogP contribution in [0.25, 0.3) is 0 Å². The van der Waals surface area contributed by atoms with Crippen molar-refractivity contribution in [1.82, 2.24) is 4.90 Å². The lowest BCUT2D eigenvalue weighted by atomic mass is 10.1. The number of hydrogen-bond donors (Lipinski definition) is 2. The number of benzene rings is 3. The van der Waals surface area contributed by atoms with Gasteiger partial charge in [0.2, 0.25) is 5.91 Å². The van der Waals surface area contributed by atoms with Crippen molar-refractivity contribution in [2.45, 2.75) is 20.3 Å². The highest BCUT2D eigenvalue weighted by atomic mass is 16.2. The van der Waals surface area contributed by atoms with E-state index in [1.165, 1.54) is 5.56 Å². The van der Waals surface area contributed by atoms with E-state index in [2.05, 4.69) is 16.7 Å². The van der Waals surface area contributed by atoms with Crippen LogP contribution in [-0.2, 0) is 11.2 Å². The summed E-state index contributed by atoms with van der Waals surface area (Å²) in [5, 5.41) is 5.91. The zero-order valence-electron chi connectivity index (χ0n) is 20.1. The Hall–Kier alpha value is -4.13. The van der Waals surface area contributed by atoms with Gasteiger partial charge in [-0.25, -0.2) is 0 Å².